The van der Waals surface area contributed by atoms with E-state index in [0.29, 0.717) is 18.4 Å². The minimum Gasteiger partial charge on any atom is -0.465 e. The van der Waals surface area contributed by atoms with Crippen molar-refractivity contribution < 1.29 is 23.1 Å². The number of nitrogens with one attached hydrogen (secondary N) is 3. The summed E-state index contributed by atoms with van der Waals surface area (Å²) < 4.78 is 26.9. The lowest BCUT2D eigenvalue weighted by Crippen LogP contribution is -2.50. The molecular formula is C19H20N6O5S. The zero-order chi connectivity index (χ0) is 22.2. The van der Waals surface area contributed by atoms with Gasteiger partial charge in [0.1, 0.15) is 5.52 Å². The predicted molar refractivity (Wildman–Crippen MR) is 111 cm³/mol. The Morgan fingerprint density at radius 1 is 1.16 bits per heavy atom. The molecule has 0 spiro atoms. The fourth-order valence-electron chi connectivity index (χ4n) is 3.32. The van der Waals surface area contributed by atoms with Crippen molar-refractivity contribution >= 4 is 39.0 Å². The summed E-state index contributed by atoms with van der Waals surface area (Å²) >= 11 is 0. The number of aromatic nitrogens is 3. The highest BCUT2D eigenvalue weighted by molar-refractivity contribution is 7.90. The van der Waals surface area contributed by atoms with Crippen LogP contribution in [0.3, 0.4) is 0 Å². The van der Waals surface area contributed by atoms with Crippen molar-refractivity contribution in [2.45, 2.75) is 30.7 Å². The molecule has 162 valence electrons. The number of hydrogen-bond donors (Lipinski definition) is 4. The predicted octanol–water partition coefficient (Wildman–Crippen LogP) is 1.47. The largest absolute Gasteiger partial charge is 0.465 e. The summed E-state index contributed by atoms with van der Waals surface area (Å²) in [7, 11) is -3.82. The molecule has 2 heterocycles. The molecule has 1 saturated carbocycles. The molecule has 0 saturated heterocycles. The first-order chi connectivity index (χ1) is 14.7. The summed E-state index contributed by atoms with van der Waals surface area (Å²) in [6, 6.07) is 7.81. The Balaban J connectivity index is 1.44. The van der Waals surface area contributed by atoms with Gasteiger partial charge in [0.15, 0.2) is 11.5 Å². The quantitative estimate of drug-likeness (QED) is 0.417. The van der Waals surface area contributed by atoms with Gasteiger partial charge < -0.3 is 10.4 Å². The van der Waals surface area contributed by atoms with Crippen LogP contribution in [0.1, 0.15) is 18.4 Å². The average molecular weight is 444 g/mol. The SMILES string of the molecule is Cc1ccc(S(=O)(=O)n2ccc3nc(NNC(=O)[C@H]4C[C@H](NC(=O)O)C4)cnc32)cc1. The van der Waals surface area contributed by atoms with Gasteiger partial charge >= 0.3 is 6.09 Å². The Kier molecular flexibility index (Phi) is 5.23. The van der Waals surface area contributed by atoms with Crippen LogP contribution >= 0.6 is 0 Å². The topological polar surface area (TPSA) is 155 Å². The molecule has 1 aliphatic rings. The summed E-state index contributed by atoms with van der Waals surface area (Å²) in [5.74, 6) is -0.350. The second-order valence-corrected chi connectivity index (χ2v) is 9.14. The van der Waals surface area contributed by atoms with Crippen LogP contribution in [-0.2, 0) is 14.8 Å². The minimum absolute atomic E-state index is 0.142. The highest BCUT2D eigenvalue weighted by atomic mass is 32.2. The van der Waals surface area contributed by atoms with Crippen LogP contribution in [0.4, 0.5) is 10.6 Å². The van der Waals surface area contributed by atoms with E-state index < -0.39 is 16.1 Å². The van der Waals surface area contributed by atoms with Crippen LogP contribution in [0.5, 0.6) is 0 Å². The summed E-state index contributed by atoms with van der Waals surface area (Å²) in [5.41, 5.74) is 6.63. The Morgan fingerprint density at radius 3 is 2.55 bits per heavy atom. The van der Waals surface area contributed by atoms with Gasteiger partial charge in [0.2, 0.25) is 5.91 Å². The van der Waals surface area contributed by atoms with Crippen molar-refractivity contribution in [2.24, 2.45) is 5.92 Å². The van der Waals surface area contributed by atoms with E-state index in [2.05, 4.69) is 26.1 Å². The van der Waals surface area contributed by atoms with Crippen molar-refractivity contribution in [3.8, 4) is 0 Å². The molecule has 0 atom stereocenters. The van der Waals surface area contributed by atoms with E-state index in [1.165, 1.54) is 30.6 Å². The molecule has 2 amide bonds. The number of rotatable bonds is 6. The lowest BCUT2D eigenvalue weighted by atomic mass is 9.80. The number of nitrogens with zero attached hydrogens (tertiary/aromatic N) is 3. The second kappa shape index (κ2) is 7.87. The van der Waals surface area contributed by atoms with E-state index in [4.69, 9.17) is 5.11 Å². The molecular weight excluding hydrogens is 424 g/mol. The lowest BCUT2D eigenvalue weighted by Gasteiger charge is -2.33. The van der Waals surface area contributed by atoms with Crippen LogP contribution in [0.15, 0.2) is 47.6 Å². The molecule has 1 fully saturated rings. The molecule has 0 aliphatic heterocycles. The molecule has 1 aliphatic carbocycles. The van der Waals surface area contributed by atoms with Gasteiger partial charge in [-0.2, -0.15) is 0 Å². The molecule has 4 N–H and O–H groups in total. The fourth-order valence-corrected chi connectivity index (χ4v) is 4.61. The van der Waals surface area contributed by atoms with E-state index in [-0.39, 0.29) is 34.2 Å². The molecule has 3 aromatic rings. The third-order valence-electron chi connectivity index (χ3n) is 5.08. The molecule has 31 heavy (non-hydrogen) atoms. The highest BCUT2D eigenvalue weighted by Gasteiger charge is 2.35. The zero-order valence-corrected chi connectivity index (χ0v) is 17.3. The first kappa shape index (κ1) is 20.6. The van der Waals surface area contributed by atoms with Gasteiger partial charge in [-0.05, 0) is 38.0 Å². The number of hydrazine groups is 1. The monoisotopic (exact) mass is 444 g/mol. The number of fused-ring (bicyclic) bond motifs is 1. The third-order valence-corrected chi connectivity index (χ3v) is 6.76. The maximum absolute atomic E-state index is 12.9. The number of carboxylic acid groups (broad SMARTS) is 1. The fraction of sp³-hybridized carbons (Fsp3) is 0.263. The van der Waals surface area contributed by atoms with E-state index >= 15 is 0 Å². The zero-order valence-electron chi connectivity index (χ0n) is 16.4. The molecule has 0 radical (unpaired) electrons. The molecule has 1 aromatic carbocycles. The smallest absolute Gasteiger partial charge is 0.404 e. The van der Waals surface area contributed by atoms with Gasteiger partial charge in [0.25, 0.3) is 10.0 Å². The van der Waals surface area contributed by atoms with Crippen LogP contribution < -0.4 is 16.2 Å². The Bertz CT molecular complexity index is 1250. The number of anilines is 1. The maximum atomic E-state index is 12.9. The lowest BCUT2D eigenvalue weighted by molar-refractivity contribution is -0.127. The summed E-state index contributed by atoms with van der Waals surface area (Å²) in [5, 5.41) is 11.0. The van der Waals surface area contributed by atoms with E-state index in [0.717, 1.165) is 9.54 Å². The second-order valence-electron chi connectivity index (χ2n) is 7.32. The van der Waals surface area contributed by atoms with E-state index in [1.54, 1.807) is 12.1 Å². The number of carbonyl (C=O) groups excluding carboxylic acids is 1. The van der Waals surface area contributed by atoms with Crippen molar-refractivity contribution in [1.82, 2.24) is 24.7 Å². The minimum atomic E-state index is -3.82. The normalized spacial score (nSPS) is 18.2. The van der Waals surface area contributed by atoms with Crippen LogP contribution in [0, 0.1) is 12.8 Å². The van der Waals surface area contributed by atoms with Crippen molar-refractivity contribution in [1.29, 1.82) is 0 Å². The molecule has 0 bridgehead atoms. The van der Waals surface area contributed by atoms with Crippen molar-refractivity contribution in [2.75, 3.05) is 5.43 Å². The van der Waals surface area contributed by atoms with Gasteiger partial charge in [-0.1, -0.05) is 17.7 Å². The number of aryl methyl sites for hydroxylation is 1. The average Bonchev–Trinajstić information content (AvgIpc) is 3.13. The summed E-state index contributed by atoms with van der Waals surface area (Å²) in [4.78, 5) is 31.3. The van der Waals surface area contributed by atoms with E-state index in [1.807, 2.05) is 6.92 Å². The van der Waals surface area contributed by atoms with Crippen LogP contribution in [0.25, 0.3) is 11.2 Å². The Morgan fingerprint density at radius 2 is 1.87 bits per heavy atom. The Hall–Kier alpha value is -3.67. The van der Waals surface area contributed by atoms with Gasteiger partial charge in [-0.25, -0.2) is 27.2 Å². The maximum Gasteiger partial charge on any atom is 0.404 e. The Labute approximate surface area is 177 Å². The molecule has 2 aromatic heterocycles. The highest BCUT2D eigenvalue weighted by Crippen LogP contribution is 2.27. The molecule has 0 unspecified atom stereocenters. The van der Waals surface area contributed by atoms with Gasteiger partial charge in [0.05, 0.1) is 11.1 Å². The number of hydrogen-bond acceptors (Lipinski definition) is 7. The summed E-state index contributed by atoms with van der Waals surface area (Å²) in [6.07, 6.45) is 2.43. The van der Waals surface area contributed by atoms with Crippen LogP contribution in [0.2, 0.25) is 0 Å². The van der Waals surface area contributed by atoms with Gasteiger partial charge in [-0.3, -0.25) is 15.6 Å². The van der Waals surface area contributed by atoms with Crippen molar-refractivity contribution in [3.05, 3.63) is 48.3 Å². The molecule has 12 heteroatoms. The first-order valence-electron chi connectivity index (χ1n) is 9.46. The van der Waals surface area contributed by atoms with Gasteiger partial charge in [0, 0.05) is 18.2 Å². The van der Waals surface area contributed by atoms with Crippen molar-refractivity contribution in [3.63, 3.8) is 0 Å². The number of amides is 2. The first-order valence-corrected chi connectivity index (χ1v) is 10.9. The van der Waals surface area contributed by atoms with Crippen LogP contribution in [-0.4, -0.2) is 45.5 Å². The van der Waals surface area contributed by atoms with Gasteiger partial charge in [-0.15, -0.1) is 0 Å². The van der Waals surface area contributed by atoms with E-state index in [9.17, 15) is 18.0 Å². The third kappa shape index (κ3) is 4.14. The number of benzene rings is 1. The molecule has 4 rings (SSSR count). The molecule has 11 nitrogen and oxygen atoms in total. The standard InChI is InChI=1S/C19H20N6O5S/c1-11-2-4-14(5-3-11)31(29,30)25-7-6-15-17(25)20-10-16(22-15)23-24-18(26)12-8-13(9-12)21-19(27)28/h2-7,10,12-13,21H,8-9H2,1H3,(H,22,23)(H,24,26)(H,27,28)/t12-,13-. The number of carbonyl (C=O) groups is 2. The summed E-state index contributed by atoms with van der Waals surface area (Å²) in [6.45, 7) is 1.87.